The zero-order chi connectivity index (χ0) is 22.6. The maximum Gasteiger partial charge on any atom is 0.0602 e. The molecule has 4 fully saturated rings. The Hall–Kier alpha value is -0.160. The lowest BCUT2D eigenvalue weighted by molar-refractivity contribution is -0.207. The summed E-state index contributed by atoms with van der Waals surface area (Å²) in [5, 5.41) is 42.6. The van der Waals surface area contributed by atoms with Crippen molar-refractivity contribution in [2.45, 2.75) is 110 Å². The second-order valence-corrected chi connectivity index (χ2v) is 12.7. The van der Waals surface area contributed by atoms with Gasteiger partial charge in [-0.1, -0.05) is 40.5 Å². The summed E-state index contributed by atoms with van der Waals surface area (Å²) in [5.74, 6) is 2.93. The number of hydrogen-bond acceptors (Lipinski definition) is 4. The van der Waals surface area contributed by atoms with Crippen LogP contribution < -0.4 is 0 Å². The molecule has 0 spiro atoms. The van der Waals surface area contributed by atoms with Crippen LogP contribution in [-0.2, 0) is 0 Å². The molecule has 12 atom stereocenters. The molecule has 4 N–H and O–H groups in total. The van der Waals surface area contributed by atoms with Gasteiger partial charge in [-0.25, -0.2) is 0 Å². The molecule has 4 aliphatic rings. The third-order valence-corrected chi connectivity index (χ3v) is 11.2. The van der Waals surface area contributed by atoms with Crippen molar-refractivity contribution >= 4 is 0 Å². The van der Waals surface area contributed by atoms with Gasteiger partial charge in [0.1, 0.15) is 0 Å². The molecule has 0 aromatic rings. The van der Waals surface area contributed by atoms with Gasteiger partial charge in [-0.15, -0.1) is 0 Å². The standard InChI is InChI=1S/C27H48O4/c1-16(15-28)6-5-7-17(2)20-8-9-21-25-22(14-24(31)27(20,21)4)26(3)11-10-19(29)12-18(26)13-23(25)30/h16-25,28-31H,5-15H2,1-4H3/t16-,17+,18-,19+,20+,21-,22-,23+,24-,25-,26-,27+/m0/s1. The minimum atomic E-state index is -0.292. The Morgan fingerprint density at radius 2 is 1.65 bits per heavy atom. The first-order chi connectivity index (χ1) is 14.6. The Balaban J connectivity index is 1.52. The first kappa shape index (κ1) is 24.0. The Labute approximate surface area is 189 Å². The number of rotatable bonds is 6. The van der Waals surface area contributed by atoms with Crippen molar-refractivity contribution in [3.63, 3.8) is 0 Å². The Bertz CT molecular complexity index is 624. The van der Waals surface area contributed by atoms with Crippen LogP contribution in [0.1, 0.15) is 91.9 Å². The highest BCUT2D eigenvalue weighted by Crippen LogP contribution is 2.68. The van der Waals surface area contributed by atoms with Crippen LogP contribution in [0.15, 0.2) is 0 Å². The van der Waals surface area contributed by atoms with Crippen LogP contribution in [0.25, 0.3) is 0 Å². The fraction of sp³-hybridized carbons (Fsp3) is 1.00. The third kappa shape index (κ3) is 3.92. The summed E-state index contributed by atoms with van der Waals surface area (Å²) in [4.78, 5) is 0. The molecule has 4 saturated carbocycles. The lowest BCUT2D eigenvalue weighted by atomic mass is 9.43. The summed E-state index contributed by atoms with van der Waals surface area (Å²) in [7, 11) is 0. The normalized spacial score (nSPS) is 51.5. The van der Waals surface area contributed by atoms with Crippen molar-refractivity contribution in [2.75, 3.05) is 6.61 Å². The number of hydrogen-bond donors (Lipinski definition) is 4. The second-order valence-electron chi connectivity index (χ2n) is 12.7. The second kappa shape index (κ2) is 8.89. The van der Waals surface area contributed by atoms with Crippen molar-refractivity contribution in [3.05, 3.63) is 0 Å². The van der Waals surface area contributed by atoms with E-state index in [9.17, 15) is 20.4 Å². The lowest BCUT2D eigenvalue weighted by Crippen LogP contribution is -2.62. The summed E-state index contributed by atoms with van der Waals surface area (Å²) in [6, 6.07) is 0. The van der Waals surface area contributed by atoms with Gasteiger partial charge < -0.3 is 20.4 Å². The molecule has 0 unspecified atom stereocenters. The molecule has 0 bridgehead atoms. The first-order valence-corrected chi connectivity index (χ1v) is 13.3. The SMILES string of the molecule is C[C@H](CO)CCC[C@@H](C)[C@H]1CC[C@H]2[C@@H]3[C@H](O)C[C@@H]4C[C@H](O)CC[C@]4(C)[C@H]3C[C@H](O)[C@]12C. The van der Waals surface area contributed by atoms with E-state index in [-0.39, 0.29) is 35.7 Å². The number of fused-ring (bicyclic) bond motifs is 5. The topological polar surface area (TPSA) is 80.9 Å². The largest absolute Gasteiger partial charge is 0.396 e. The fourth-order valence-corrected chi connectivity index (χ4v) is 9.21. The molecule has 4 aliphatic carbocycles. The van der Waals surface area contributed by atoms with Crippen LogP contribution >= 0.6 is 0 Å². The Morgan fingerprint density at radius 3 is 2.35 bits per heavy atom. The maximum atomic E-state index is 11.6. The highest BCUT2D eigenvalue weighted by molar-refractivity contribution is 5.14. The molecule has 180 valence electrons. The molecule has 0 saturated heterocycles. The van der Waals surface area contributed by atoms with E-state index in [1.807, 2.05) is 0 Å². The average Bonchev–Trinajstić information content (AvgIpc) is 3.08. The van der Waals surface area contributed by atoms with E-state index in [1.54, 1.807) is 0 Å². The Morgan fingerprint density at radius 1 is 0.903 bits per heavy atom. The summed E-state index contributed by atoms with van der Waals surface area (Å²) >= 11 is 0. The van der Waals surface area contributed by atoms with E-state index in [4.69, 9.17) is 0 Å². The molecular formula is C27H48O4. The third-order valence-electron chi connectivity index (χ3n) is 11.2. The molecule has 0 radical (unpaired) electrons. The maximum absolute atomic E-state index is 11.6. The van der Waals surface area contributed by atoms with Crippen molar-refractivity contribution < 1.29 is 20.4 Å². The van der Waals surface area contributed by atoms with Gasteiger partial charge in [-0.3, -0.25) is 0 Å². The summed E-state index contributed by atoms with van der Waals surface area (Å²) in [6.07, 6.45) is 9.27. The van der Waals surface area contributed by atoms with Gasteiger partial charge in [0, 0.05) is 6.61 Å². The molecule has 31 heavy (non-hydrogen) atoms. The summed E-state index contributed by atoms with van der Waals surface area (Å²) in [6.45, 7) is 9.51. The van der Waals surface area contributed by atoms with Crippen LogP contribution in [0.2, 0.25) is 0 Å². The Kier molecular flexibility index (Phi) is 6.88. The quantitative estimate of drug-likeness (QED) is 0.498. The predicted molar refractivity (Wildman–Crippen MR) is 123 cm³/mol. The molecular weight excluding hydrogens is 388 g/mol. The van der Waals surface area contributed by atoms with Gasteiger partial charge in [-0.05, 0) is 104 Å². The van der Waals surface area contributed by atoms with E-state index in [2.05, 4.69) is 27.7 Å². The van der Waals surface area contributed by atoms with Crippen molar-refractivity contribution in [1.29, 1.82) is 0 Å². The van der Waals surface area contributed by atoms with Gasteiger partial charge in [0.05, 0.1) is 18.3 Å². The average molecular weight is 437 g/mol. The van der Waals surface area contributed by atoms with E-state index < -0.39 is 0 Å². The minimum absolute atomic E-state index is 0.0957. The van der Waals surface area contributed by atoms with Crippen molar-refractivity contribution in [3.8, 4) is 0 Å². The molecule has 4 rings (SSSR count). The smallest absolute Gasteiger partial charge is 0.0602 e. The molecule has 0 amide bonds. The zero-order valence-electron chi connectivity index (χ0n) is 20.3. The van der Waals surface area contributed by atoms with Gasteiger partial charge in [0.15, 0.2) is 0 Å². The van der Waals surface area contributed by atoms with Gasteiger partial charge in [-0.2, -0.15) is 0 Å². The summed E-state index contributed by atoms with van der Waals surface area (Å²) < 4.78 is 0. The van der Waals surface area contributed by atoms with E-state index in [0.717, 1.165) is 51.4 Å². The predicted octanol–water partition coefficient (Wildman–Crippen LogP) is 4.38. The number of aliphatic hydroxyl groups is 4. The molecule has 0 aromatic carbocycles. The van der Waals surface area contributed by atoms with E-state index in [0.29, 0.717) is 41.4 Å². The summed E-state index contributed by atoms with van der Waals surface area (Å²) in [5.41, 5.74) is 0.0527. The molecule has 0 aromatic heterocycles. The van der Waals surface area contributed by atoms with Gasteiger partial charge in [0.2, 0.25) is 0 Å². The van der Waals surface area contributed by atoms with Crippen LogP contribution in [-0.4, -0.2) is 45.3 Å². The van der Waals surface area contributed by atoms with Crippen LogP contribution in [0, 0.1) is 52.3 Å². The highest BCUT2D eigenvalue weighted by atomic mass is 16.3. The lowest BCUT2D eigenvalue weighted by Gasteiger charge is -2.63. The fourth-order valence-electron chi connectivity index (χ4n) is 9.21. The zero-order valence-corrected chi connectivity index (χ0v) is 20.3. The highest BCUT2D eigenvalue weighted by Gasteiger charge is 2.65. The van der Waals surface area contributed by atoms with Gasteiger partial charge >= 0.3 is 0 Å². The monoisotopic (exact) mass is 436 g/mol. The van der Waals surface area contributed by atoms with Crippen molar-refractivity contribution in [1.82, 2.24) is 0 Å². The first-order valence-electron chi connectivity index (χ1n) is 13.3. The minimum Gasteiger partial charge on any atom is -0.396 e. The van der Waals surface area contributed by atoms with Crippen LogP contribution in [0.4, 0.5) is 0 Å². The number of aliphatic hydroxyl groups excluding tert-OH is 4. The molecule has 0 aliphatic heterocycles. The van der Waals surface area contributed by atoms with E-state index in [1.165, 1.54) is 12.8 Å². The van der Waals surface area contributed by atoms with E-state index >= 15 is 0 Å². The molecule has 4 nitrogen and oxygen atoms in total. The molecule has 4 heteroatoms. The van der Waals surface area contributed by atoms with Gasteiger partial charge in [0.25, 0.3) is 0 Å². The molecule has 0 heterocycles. The van der Waals surface area contributed by atoms with Crippen LogP contribution in [0.3, 0.4) is 0 Å². The van der Waals surface area contributed by atoms with Crippen LogP contribution in [0.5, 0.6) is 0 Å². The van der Waals surface area contributed by atoms with Crippen molar-refractivity contribution in [2.24, 2.45) is 52.3 Å².